The lowest BCUT2D eigenvalue weighted by Gasteiger charge is -2.14. The number of halogens is 2. The molecule has 122 valence electrons. The van der Waals surface area contributed by atoms with Gasteiger partial charge in [-0.3, -0.25) is 4.98 Å². The Labute approximate surface area is 149 Å². The van der Waals surface area contributed by atoms with Crippen molar-refractivity contribution in [2.45, 2.75) is 0 Å². The fourth-order valence-electron chi connectivity index (χ4n) is 2.72. The summed E-state index contributed by atoms with van der Waals surface area (Å²) in [7, 11) is 0. The maximum absolute atomic E-state index is 15.4. The number of fused-ring (bicyclic) bond motifs is 1. The molecule has 0 saturated heterocycles. The van der Waals surface area contributed by atoms with Crippen molar-refractivity contribution in [1.82, 2.24) is 9.97 Å². The molecule has 0 unspecified atom stereocenters. The molecular formula is C20H13ClFN3. The summed E-state index contributed by atoms with van der Waals surface area (Å²) in [4.78, 5) is 8.48. The standard InChI is InChI=1S/C20H13ClFN3/c21-16-7-3-1-5-14(16)19-18(22)20(24-13-9-11-23-12-10-13)15-6-2-4-8-17(15)25-19/h1-12H,(H,23,24,25). The maximum Gasteiger partial charge on any atom is 0.173 e. The van der Waals surface area contributed by atoms with Gasteiger partial charge in [-0.2, -0.15) is 0 Å². The first kappa shape index (κ1) is 15.5. The largest absolute Gasteiger partial charge is 0.352 e. The molecule has 0 atom stereocenters. The van der Waals surface area contributed by atoms with E-state index in [9.17, 15) is 0 Å². The SMILES string of the molecule is Fc1c(-c2ccccc2Cl)nc2ccccc2c1Nc1ccncc1. The van der Waals surface area contributed by atoms with Gasteiger partial charge in [-0.1, -0.05) is 48.0 Å². The van der Waals surface area contributed by atoms with Crippen LogP contribution in [0.4, 0.5) is 15.8 Å². The van der Waals surface area contributed by atoms with E-state index >= 15 is 4.39 Å². The van der Waals surface area contributed by atoms with Gasteiger partial charge >= 0.3 is 0 Å². The van der Waals surface area contributed by atoms with Crippen molar-refractivity contribution in [3.63, 3.8) is 0 Å². The van der Waals surface area contributed by atoms with Crippen LogP contribution in [0, 0.1) is 5.82 Å². The quantitative estimate of drug-likeness (QED) is 0.505. The number of hydrogen-bond donors (Lipinski definition) is 1. The molecule has 0 fully saturated rings. The highest BCUT2D eigenvalue weighted by Gasteiger charge is 2.18. The Morgan fingerprint density at radius 2 is 1.60 bits per heavy atom. The summed E-state index contributed by atoms with van der Waals surface area (Å²) in [6.07, 6.45) is 3.30. The lowest BCUT2D eigenvalue weighted by molar-refractivity contribution is 0.632. The molecule has 4 rings (SSSR count). The van der Waals surface area contributed by atoms with Gasteiger partial charge in [0.15, 0.2) is 5.82 Å². The molecule has 3 nitrogen and oxygen atoms in total. The second-order valence-corrected chi connectivity index (χ2v) is 5.91. The Hall–Kier alpha value is -2.98. The van der Waals surface area contributed by atoms with E-state index < -0.39 is 5.82 Å². The maximum atomic E-state index is 15.4. The molecule has 4 aromatic rings. The van der Waals surface area contributed by atoms with Crippen LogP contribution >= 0.6 is 11.6 Å². The van der Waals surface area contributed by atoms with Gasteiger partial charge in [0.1, 0.15) is 5.69 Å². The predicted molar refractivity (Wildman–Crippen MR) is 99.7 cm³/mol. The van der Waals surface area contributed by atoms with E-state index in [0.717, 1.165) is 5.69 Å². The first-order valence-corrected chi connectivity index (χ1v) is 8.12. The van der Waals surface area contributed by atoms with Crippen molar-refractivity contribution in [3.05, 3.63) is 83.9 Å². The van der Waals surface area contributed by atoms with Crippen LogP contribution in [0.5, 0.6) is 0 Å². The zero-order valence-electron chi connectivity index (χ0n) is 13.1. The Morgan fingerprint density at radius 1 is 0.880 bits per heavy atom. The molecule has 0 spiro atoms. The minimum Gasteiger partial charge on any atom is -0.352 e. The molecule has 0 aliphatic heterocycles. The number of pyridine rings is 2. The minimum atomic E-state index is -0.441. The lowest BCUT2D eigenvalue weighted by Crippen LogP contribution is -2.00. The highest BCUT2D eigenvalue weighted by atomic mass is 35.5. The normalized spacial score (nSPS) is 10.8. The molecule has 0 bridgehead atoms. The Kier molecular flexibility index (Phi) is 4.04. The number of rotatable bonds is 3. The molecule has 2 aromatic heterocycles. The summed E-state index contributed by atoms with van der Waals surface area (Å²) in [5.74, 6) is -0.441. The number of anilines is 2. The van der Waals surface area contributed by atoms with Crippen LogP contribution in [-0.4, -0.2) is 9.97 Å². The fraction of sp³-hybridized carbons (Fsp3) is 0. The molecule has 0 saturated carbocycles. The predicted octanol–water partition coefficient (Wildman–Crippen LogP) is 5.83. The van der Waals surface area contributed by atoms with Gasteiger partial charge in [-0.25, -0.2) is 9.37 Å². The van der Waals surface area contributed by atoms with Crippen molar-refractivity contribution in [2.24, 2.45) is 0 Å². The van der Waals surface area contributed by atoms with E-state index in [1.54, 1.807) is 42.7 Å². The molecular weight excluding hydrogens is 337 g/mol. The van der Waals surface area contributed by atoms with Crippen LogP contribution in [0.1, 0.15) is 0 Å². The third kappa shape index (κ3) is 2.92. The molecule has 2 heterocycles. The van der Waals surface area contributed by atoms with Crippen LogP contribution in [0.15, 0.2) is 73.1 Å². The Bertz CT molecular complexity index is 1050. The van der Waals surface area contributed by atoms with Crippen molar-refractivity contribution in [1.29, 1.82) is 0 Å². The summed E-state index contributed by atoms with van der Waals surface area (Å²) in [5.41, 5.74) is 2.59. The van der Waals surface area contributed by atoms with Crippen LogP contribution in [0.2, 0.25) is 5.02 Å². The summed E-state index contributed by atoms with van der Waals surface area (Å²) in [5, 5.41) is 4.31. The average molecular weight is 350 g/mol. The van der Waals surface area contributed by atoms with Crippen LogP contribution in [-0.2, 0) is 0 Å². The fourth-order valence-corrected chi connectivity index (χ4v) is 2.95. The summed E-state index contributed by atoms with van der Waals surface area (Å²) in [6.45, 7) is 0. The molecule has 0 aliphatic rings. The first-order valence-electron chi connectivity index (χ1n) is 7.74. The number of para-hydroxylation sites is 1. The molecule has 0 amide bonds. The zero-order chi connectivity index (χ0) is 17.2. The average Bonchev–Trinajstić information content (AvgIpc) is 2.65. The van der Waals surface area contributed by atoms with Gasteiger partial charge in [0.2, 0.25) is 0 Å². The third-order valence-electron chi connectivity index (χ3n) is 3.91. The molecule has 2 aromatic carbocycles. The summed E-state index contributed by atoms with van der Waals surface area (Å²) < 4.78 is 15.4. The Morgan fingerprint density at radius 3 is 2.40 bits per heavy atom. The minimum absolute atomic E-state index is 0.223. The summed E-state index contributed by atoms with van der Waals surface area (Å²) >= 11 is 6.26. The lowest BCUT2D eigenvalue weighted by atomic mass is 10.1. The van der Waals surface area contributed by atoms with Crippen molar-refractivity contribution < 1.29 is 4.39 Å². The molecule has 1 N–H and O–H groups in total. The van der Waals surface area contributed by atoms with Gasteiger partial charge in [-0.15, -0.1) is 0 Å². The summed E-state index contributed by atoms with van der Waals surface area (Å²) in [6, 6.07) is 18.1. The van der Waals surface area contributed by atoms with Gasteiger partial charge in [-0.05, 0) is 24.3 Å². The van der Waals surface area contributed by atoms with Gasteiger partial charge in [0.25, 0.3) is 0 Å². The zero-order valence-corrected chi connectivity index (χ0v) is 13.8. The monoisotopic (exact) mass is 349 g/mol. The molecule has 0 radical (unpaired) electrons. The van der Waals surface area contributed by atoms with Gasteiger partial charge in [0.05, 0.1) is 16.2 Å². The smallest absolute Gasteiger partial charge is 0.173 e. The number of benzene rings is 2. The number of hydrogen-bond acceptors (Lipinski definition) is 3. The van der Waals surface area contributed by atoms with E-state index in [-0.39, 0.29) is 5.69 Å². The first-order chi connectivity index (χ1) is 12.2. The van der Waals surface area contributed by atoms with Gasteiger partial charge in [0, 0.05) is 29.0 Å². The number of nitrogens with one attached hydrogen (secondary N) is 1. The van der Waals surface area contributed by atoms with Crippen molar-refractivity contribution in [2.75, 3.05) is 5.32 Å². The van der Waals surface area contributed by atoms with E-state index in [1.165, 1.54) is 0 Å². The van der Waals surface area contributed by atoms with E-state index in [1.807, 2.05) is 30.3 Å². The molecule has 25 heavy (non-hydrogen) atoms. The topological polar surface area (TPSA) is 37.8 Å². The Balaban J connectivity index is 1.97. The van der Waals surface area contributed by atoms with E-state index in [0.29, 0.717) is 27.2 Å². The number of nitrogens with zero attached hydrogens (tertiary/aromatic N) is 2. The van der Waals surface area contributed by atoms with Crippen LogP contribution < -0.4 is 5.32 Å². The third-order valence-corrected chi connectivity index (χ3v) is 4.24. The van der Waals surface area contributed by atoms with E-state index in [2.05, 4.69) is 15.3 Å². The van der Waals surface area contributed by atoms with Crippen LogP contribution in [0.3, 0.4) is 0 Å². The van der Waals surface area contributed by atoms with Crippen LogP contribution in [0.25, 0.3) is 22.2 Å². The van der Waals surface area contributed by atoms with Gasteiger partial charge < -0.3 is 5.32 Å². The second-order valence-electron chi connectivity index (χ2n) is 5.51. The van der Waals surface area contributed by atoms with Crippen molar-refractivity contribution >= 4 is 33.9 Å². The highest BCUT2D eigenvalue weighted by Crippen LogP contribution is 2.36. The number of aromatic nitrogens is 2. The molecule has 5 heteroatoms. The second kappa shape index (κ2) is 6.49. The van der Waals surface area contributed by atoms with E-state index in [4.69, 9.17) is 11.6 Å². The van der Waals surface area contributed by atoms with Crippen molar-refractivity contribution in [3.8, 4) is 11.3 Å². The highest BCUT2D eigenvalue weighted by molar-refractivity contribution is 6.33. The molecule has 0 aliphatic carbocycles.